The van der Waals surface area contributed by atoms with Gasteiger partial charge in [-0.1, -0.05) is 0 Å². The maximum Gasteiger partial charge on any atom is 0.227 e. The number of hydrogen-bond donors (Lipinski definition) is 1. The molecule has 1 unspecified atom stereocenters. The Bertz CT molecular complexity index is 475. The maximum absolute atomic E-state index is 11.5. The smallest absolute Gasteiger partial charge is 0.227 e. The van der Waals surface area contributed by atoms with Gasteiger partial charge in [0.05, 0.1) is 17.6 Å². The predicted octanol–water partition coefficient (Wildman–Crippen LogP) is -0.605. The summed E-state index contributed by atoms with van der Waals surface area (Å²) >= 11 is 0. The van der Waals surface area contributed by atoms with Crippen LogP contribution in [0.1, 0.15) is 19.8 Å². The molecule has 8 heteroatoms. The molecule has 1 N–H and O–H groups in total. The molecule has 16 heavy (non-hydrogen) atoms. The molecule has 0 aliphatic carbocycles. The van der Waals surface area contributed by atoms with Gasteiger partial charge < -0.3 is 0 Å². The molecule has 0 aromatic carbocycles. The van der Waals surface area contributed by atoms with Crippen LogP contribution >= 0.6 is 0 Å². The first-order valence-corrected chi connectivity index (χ1v) is 8.25. The molecule has 1 fully saturated rings. The first-order chi connectivity index (χ1) is 7.27. The molecule has 92 valence electrons. The van der Waals surface area contributed by atoms with Crippen molar-refractivity contribution in [1.82, 2.24) is 4.72 Å². The van der Waals surface area contributed by atoms with Crippen LogP contribution in [0.3, 0.4) is 0 Å². The summed E-state index contributed by atoms with van der Waals surface area (Å²) in [7, 11) is -6.65. The SMILES string of the molecule is CC(C#N)S(=O)(=O)NC1CCS(=O)(=O)CC1. The molecule has 1 aliphatic rings. The lowest BCUT2D eigenvalue weighted by Crippen LogP contribution is -2.43. The lowest BCUT2D eigenvalue weighted by atomic mass is 10.2. The van der Waals surface area contributed by atoms with E-state index >= 15 is 0 Å². The van der Waals surface area contributed by atoms with Crippen LogP contribution in [0.15, 0.2) is 0 Å². The Labute approximate surface area is 95.6 Å². The lowest BCUT2D eigenvalue weighted by Gasteiger charge is -2.23. The van der Waals surface area contributed by atoms with Crippen LogP contribution in [-0.4, -0.2) is 39.6 Å². The largest absolute Gasteiger partial charge is 0.229 e. The highest BCUT2D eigenvalue weighted by Gasteiger charge is 2.29. The van der Waals surface area contributed by atoms with Gasteiger partial charge in [-0.25, -0.2) is 21.6 Å². The van der Waals surface area contributed by atoms with Crippen LogP contribution in [0, 0.1) is 11.3 Å². The Morgan fingerprint density at radius 2 is 1.88 bits per heavy atom. The second kappa shape index (κ2) is 4.69. The summed E-state index contributed by atoms with van der Waals surface area (Å²) in [6.45, 7) is 1.29. The summed E-state index contributed by atoms with van der Waals surface area (Å²) in [5.41, 5.74) is 0. The average molecular weight is 266 g/mol. The quantitative estimate of drug-likeness (QED) is 0.734. The predicted molar refractivity (Wildman–Crippen MR) is 58.8 cm³/mol. The van der Waals surface area contributed by atoms with Gasteiger partial charge in [0.15, 0.2) is 5.25 Å². The average Bonchev–Trinajstić information content (AvgIpc) is 2.20. The van der Waals surface area contributed by atoms with Crippen molar-refractivity contribution in [1.29, 1.82) is 5.26 Å². The number of nitrogens with zero attached hydrogens (tertiary/aromatic N) is 1. The molecule has 0 aromatic heterocycles. The summed E-state index contributed by atoms with van der Waals surface area (Å²) < 4.78 is 47.6. The van der Waals surface area contributed by atoms with E-state index < -0.39 is 25.1 Å². The third kappa shape index (κ3) is 3.43. The Balaban J connectivity index is 2.62. The summed E-state index contributed by atoms with van der Waals surface area (Å²) in [5.74, 6) is 0.00222. The van der Waals surface area contributed by atoms with E-state index in [-0.39, 0.29) is 30.4 Å². The van der Waals surface area contributed by atoms with Crippen molar-refractivity contribution in [3.8, 4) is 6.07 Å². The normalized spacial score (nSPS) is 23.5. The highest BCUT2D eigenvalue weighted by Crippen LogP contribution is 2.13. The number of sulfonamides is 1. The van der Waals surface area contributed by atoms with Crippen LogP contribution in [0.2, 0.25) is 0 Å². The second-order valence-corrected chi connectivity index (χ2v) is 8.20. The highest BCUT2D eigenvalue weighted by atomic mass is 32.2. The molecule has 6 nitrogen and oxygen atoms in total. The third-order valence-corrected chi connectivity index (χ3v) is 5.95. The summed E-state index contributed by atoms with van der Waals surface area (Å²) in [4.78, 5) is 0. The fourth-order valence-corrected chi connectivity index (χ4v) is 3.95. The van der Waals surface area contributed by atoms with Gasteiger partial charge in [-0.15, -0.1) is 0 Å². The van der Waals surface area contributed by atoms with Gasteiger partial charge in [0.1, 0.15) is 9.84 Å². The first kappa shape index (κ1) is 13.4. The molecule has 1 rings (SSSR count). The molecule has 0 aromatic rings. The van der Waals surface area contributed by atoms with E-state index in [0.717, 1.165) is 0 Å². The minimum atomic E-state index is -3.65. The minimum absolute atomic E-state index is 0.00111. The van der Waals surface area contributed by atoms with E-state index in [1.54, 1.807) is 6.07 Å². The van der Waals surface area contributed by atoms with Gasteiger partial charge in [0, 0.05) is 6.04 Å². The van der Waals surface area contributed by atoms with Crippen molar-refractivity contribution in [3.05, 3.63) is 0 Å². The number of nitrogens with one attached hydrogen (secondary N) is 1. The zero-order valence-electron chi connectivity index (χ0n) is 8.88. The summed E-state index contributed by atoms with van der Waals surface area (Å²) in [5, 5.41) is 7.40. The van der Waals surface area contributed by atoms with Crippen molar-refractivity contribution in [2.45, 2.75) is 31.1 Å². The van der Waals surface area contributed by atoms with Crippen molar-refractivity contribution in [3.63, 3.8) is 0 Å². The molecule has 0 radical (unpaired) electrons. The van der Waals surface area contributed by atoms with Gasteiger partial charge in [0.2, 0.25) is 10.0 Å². The van der Waals surface area contributed by atoms with Gasteiger partial charge in [-0.3, -0.25) is 0 Å². The molecule has 0 saturated carbocycles. The number of rotatable bonds is 3. The minimum Gasteiger partial charge on any atom is -0.229 e. The third-order valence-electron chi connectivity index (χ3n) is 2.53. The van der Waals surface area contributed by atoms with E-state index in [2.05, 4.69) is 4.72 Å². The zero-order chi connectivity index (χ0) is 12.4. The van der Waals surface area contributed by atoms with Crippen molar-refractivity contribution in [2.24, 2.45) is 0 Å². The Hall–Kier alpha value is -0.650. The molecule has 1 atom stereocenters. The maximum atomic E-state index is 11.5. The van der Waals surface area contributed by atoms with Crippen LogP contribution in [0.5, 0.6) is 0 Å². The van der Waals surface area contributed by atoms with Gasteiger partial charge in [0.25, 0.3) is 0 Å². The highest BCUT2D eigenvalue weighted by molar-refractivity contribution is 7.91. The van der Waals surface area contributed by atoms with Gasteiger partial charge >= 0.3 is 0 Å². The zero-order valence-corrected chi connectivity index (χ0v) is 10.5. The van der Waals surface area contributed by atoms with Crippen LogP contribution in [0.4, 0.5) is 0 Å². The first-order valence-electron chi connectivity index (χ1n) is 4.88. The van der Waals surface area contributed by atoms with E-state index in [1.165, 1.54) is 6.92 Å². The lowest BCUT2D eigenvalue weighted by molar-refractivity contribution is 0.503. The summed E-state index contributed by atoms with van der Waals surface area (Å²) in [6.07, 6.45) is 0.555. The van der Waals surface area contributed by atoms with E-state index in [9.17, 15) is 16.8 Å². The van der Waals surface area contributed by atoms with Crippen molar-refractivity contribution < 1.29 is 16.8 Å². The molecule has 0 spiro atoms. The molecule has 1 saturated heterocycles. The van der Waals surface area contributed by atoms with Crippen LogP contribution in [0.25, 0.3) is 0 Å². The standard InChI is InChI=1S/C8H14N2O4S2/c1-7(6-9)16(13,14)10-8-2-4-15(11,12)5-3-8/h7-8,10H,2-5H2,1H3. The Kier molecular flexibility index (Phi) is 3.93. The van der Waals surface area contributed by atoms with E-state index in [4.69, 9.17) is 5.26 Å². The molecule has 1 heterocycles. The number of sulfone groups is 1. The monoisotopic (exact) mass is 266 g/mol. The Morgan fingerprint density at radius 3 is 2.31 bits per heavy atom. The van der Waals surface area contributed by atoms with Crippen molar-refractivity contribution in [2.75, 3.05) is 11.5 Å². The molecular formula is C8H14N2O4S2. The molecule has 1 aliphatic heterocycles. The second-order valence-electron chi connectivity index (χ2n) is 3.86. The fraction of sp³-hybridized carbons (Fsp3) is 0.875. The number of hydrogen-bond acceptors (Lipinski definition) is 5. The van der Waals surface area contributed by atoms with Crippen molar-refractivity contribution >= 4 is 19.9 Å². The van der Waals surface area contributed by atoms with E-state index in [1.807, 2.05) is 0 Å². The summed E-state index contributed by atoms with van der Waals surface area (Å²) in [6, 6.07) is 1.27. The molecule has 0 bridgehead atoms. The van der Waals surface area contributed by atoms with Crippen LogP contribution in [-0.2, 0) is 19.9 Å². The Morgan fingerprint density at radius 1 is 1.38 bits per heavy atom. The van der Waals surface area contributed by atoms with Gasteiger partial charge in [-0.2, -0.15) is 5.26 Å². The molecule has 0 amide bonds. The molecular weight excluding hydrogens is 252 g/mol. The van der Waals surface area contributed by atoms with E-state index in [0.29, 0.717) is 0 Å². The topological polar surface area (TPSA) is 104 Å². The van der Waals surface area contributed by atoms with Gasteiger partial charge in [-0.05, 0) is 19.8 Å². The fourth-order valence-electron chi connectivity index (χ4n) is 1.41. The van der Waals surface area contributed by atoms with Crippen LogP contribution < -0.4 is 4.72 Å². The number of nitriles is 1.